The summed E-state index contributed by atoms with van der Waals surface area (Å²) in [5, 5.41) is 9.62. The van der Waals surface area contributed by atoms with Crippen molar-refractivity contribution in [1.82, 2.24) is 19.5 Å². The minimum absolute atomic E-state index is 0.256. The number of benzene rings is 2. The van der Waals surface area contributed by atoms with Gasteiger partial charge in [0.1, 0.15) is 4.90 Å². The van der Waals surface area contributed by atoms with E-state index in [4.69, 9.17) is 0 Å². The quantitative estimate of drug-likeness (QED) is 0.478. The van der Waals surface area contributed by atoms with Gasteiger partial charge in [0, 0.05) is 43.3 Å². The molecule has 1 aliphatic heterocycles. The van der Waals surface area contributed by atoms with Crippen LogP contribution in [0.4, 0.5) is 5.82 Å². The summed E-state index contributed by atoms with van der Waals surface area (Å²) in [4.78, 5) is 6.64. The van der Waals surface area contributed by atoms with Crippen LogP contribution in [0.15, 0.2) is 77.8 Å². The summed E-state index contributed by atoms with van der Waals surface area (Å²) < 4.78 is 28.2. The molecule has 0 atom stereocenters. The number of rotatable bonds is 4. The molecule has 0 aliphatic carbocycles. The number of hydrogen-bond donors (Lipinski definition) is 0. The summed E-state index contributed by atoms with van der Waals surface area (Å²) in [6.07, 6.45) is 1.62. The lowest BCUT2D eigenvalue weighted by atomic mass is 10.1. The third kappa shape index (κ3) is 3.72. The van der Waals surface area contributed by atoms with E-state index in [0.717, 1.165) is 28.0 Å². The summed E-state index contributed by atoms with van der Waals surface area (Å²) in [6.45, 7) is 3.92. The van der Waals surface area contributed by atoms with Crippen LogP contribution < -0.4 is 4.90 Å². The number of sulfonamides is 1. The fraction of sp³-hybridized carbons (Fsp3) is 0.208. The van der Waals surface area contributed by atoms with Gasteiger partial charge in [-0.1, -0.05) is 42.5 Å². The van der Waals surface area contributed by atoms with E-state index in [9.17, 15) is 8.42 Å². The van der Waals surface area contributed by atoms with Gasteiger partial charge >= 0.3 is 0 Å². The van der Waals surface area contributed by atoms with Gasteiger partial charge in [0.25, 0.3) is 0 Å². The predicted octanol–water partition coefficient (Wildman–Crippen LogP) is 3.51. The molecule has 0 unspecified atom stereocenters. The fourth-order valence-corrected chi connectivity index (χ4v) is 5.67. The smallest absolute Gasteiger partial charge is 0.245 e. The number of para-hydroxylation sites is 1. The van der Waals surface area contributed by atoms with Crippen molar-refractivity contribution in [1.29, 1.82) is 0 Å². The Bertz CT molecular complexity index is 1360. The van der Waals surface area contributed by atoms with Crippen molar-refractivity contribution < 1.29 is 8.42 Å². The van der Waals surface area contributed by atoms with E-state index in [1.807, 2.05) is 48.5 Å². The molecule has 0 bridgehead atoms. The Balaban J connectivity index is 1.32. The van der Waals surface area contributed by atoms with Crippen molar-refractivity contribution in [2.75, 3.05) is 31.1 Å². The van der Waals surface area contributed by atoms with E-state index >= 15 is 0 Å². The molecule has 5 rings (SSSR count). The van der Waals surface area contributed by atoms with Crippen molar-refractivity contribution in [3.05, 3.63) is 78.5 Å². The molecule has 8 heteroatoms. The highest BCUT2D eigenvalue weighted by atomic mass is 32.2. The molecule has 162 valence electrons. The van der Waals surface area contributed by atoms with Gasteiger partial charge in [-0.3, -0.25) is 4.98 Å². The molecule has 1 aliphatic rings. The van der Waals surface area contributed by atoms with Gasteiger partial charge in [0.2, 0.25) is 10.0 Å². The lowest BCUT2D eigenvalue weighted by Crippen LogP contribution is -2.49. The number of pyridine rings is 1. The Morgan fingerprint density at radius 2 is 1.59 bits per heavy atom. The monoisotopic (exact) mass is 445 g/mol. The van der Waals surface area contributed by atoms with Crippen LogP contribution in [-0.4, -0.2) is 54.1 Å². The van der Waals surface area contributed by atoms with Crippen LogP contribution in [0, 0.1) is 6.92 Å². The van der Waals surface area contributed by atoms with Gasteiger partial charge in [-0.15, -0.1) is 10.2 Å². The first-order valence-electron chi connectivity index (χ1n) is 10.5. The number of aromatic nitrogens is 3. The summed E-state index contributed by atoms with van der Waals surface area (Å²) >= 11 is 0. The number of aryl methyl sites for hydroxylation is 1. The van der Waals surface area contributed by atoms with Gasteiger partial charge in [-0.2, -0.15) is 4.31 Å². The topological polar surface area (TPSA) is 79.3 Å². The van der Waals surface area contributed by atoms with E-state index in [-0.39, 0.29) is 4.90 Å². The van der Waals surface area contributed by atoms with Crippen LogP contribution in [0.3, 0.4) is 0 Å². The zero-order valence-corrected chi connectivity index (χ0v) is 18.5. The van der Waals surface area contributed by atoms with E-state index in [1.165, 1.54) is 4.31 Å². The average Bonchev–Trinajstić information content (AvgIpc) is 2.84. The average molecular weight is 446 g/mol. The van der Waals surface area contributed by atoms with E-state index < -0.39 is 10.0 Å². The fourth-order valence-electron chi connectivity index (χ4n) is 4.08. The largest absolute Gasteiger partial charge is 0.352 e. The Morgan fingerprint density at radius 1 is 0.812 bits per heavy atom. The number of fused-ring (bicyclic) bond motifs is 1. The zero-order valence-electron chi connectivity index (χ0n) is 17.7. The number of piperazine rings is 1. The summed E-state index contributed by atoms with van der Waals surface area (Å²) in [5.41, 5.74) is 3.55. The highest BCUT2D eigenvalue weighted by molar-refractivity contribution is 7.89. The molecule has 2 aromatic carbocycles. The maximum atomic E-state index is 13.3. The minimum Gasteiger partial charge on any atom is -0.352 e. The van der Waals surface area contributed by atoms with Gasteiger partial charge in [-0.05, 0) is 36.8 Å². The van der Waals surface area contributed by atoms with Crippen molar-refractivity contribution in [2.24, 2.45) is 0 Å². The first-order valence-corrected chi connectivity index (χ1v) is 12.0. The second-order valence-electron chi connectivity index (χ2n) is 7.81. The molecule has 0 amide bonds. The van der Waals surface area contributed by atoms with Crippen LogP contribution in [0.5, 0.6) is 0 Å². The summed E-state index contributed by atoms with van der Waals surface area (Å²) in [5.74, 6) is 0.756. The van der Waals surface area contributed by atoms with Gasteiger partial charge < -0.3 is 4.90 Å². The van der Waals surface area contributed by atoms with Crippen molar-refractivity contribution >= 4 is 26.7 Å². The molecule has 4 aromatic rings. The molecule has 0 N–H and O–H groups in total. The number of anilines is 1. The minimum atomic E-state index is -3.63. The molecular formula is C24H23N5O2S. The standard InChI is InChI=1S/C24H23N5O2S/c1-18-6-2-3-9-20(18)21-11-12-23(27-26-21)28-14-16-29(17-15-28)32(30,31)22-10-4-7-19-8-5-13-25-24(19)22/h2-13H,14-17H2,1H3. The first-order chi connectivity index (χ1) is 15.5. The highest BCUT2D eigenvalue weighted by Crippen LogP contribution is 2.26. The van der Waals surface area contributed by atoms with E-state index in [2.05, 4.69) is 33.1 Å². The molecule has 0 spiro atoms. The SMILES string of the molecule is Cc1ccccc1-c1ccc(N2CCN(S(=O)(=O)c3cccc4cccnc34)CC2)nn1. The van der Waals surface area contributed by atoms with Gasteiger partial charge in [-0.25, -0.2) is 8.42 Å². The molecule has 2 aromatic heterocycles. The Kier molecular flexibility index (Phi) is 5.32. The van der Waals surface area contributed by atoms with Gasteiger partial charge in [0.05, 0.1) is 11.2 Å². The lowest BCUT2D eigenvalue weighted by Gasteiger charge is -2.34. The third-order valence-corrected chi connectivity index (χ3v) is 7.78. The first kappa shape index (κ1) is 20.5. The summed E-state index contributed by atoms with van der Waals surface area (Å²) in [6, 6.07) is 20.9. The maximum Gasteiger partial charge on any atom is 0.245 e. The van der Waals surface area contributed by atoms with Crippen LogP contribution in [0.2, 0.25) is 0 Å². The molecule has 3 heterocycles. The molecule has 1 saturated heterocycles. The van der Waals surface area contributed by atoms with E-state index in [0.29, 0.717) is 31.7 Å². The highest BCUT2D eigenvalue weighted by Gasteiger charge is 2.30. The summed E-state index contributed by atoms with van der Waals surface area (Å²) in [7, 11) is -3.63. The Hall–Kier alpha value is -3.36. The third-order valence-electron chi connectivity index (χ3n) is 5.85. The molecule has 32 heavy (non-hydrogen) atoms. The number of nitrogens with zero attached hydrogens (tertiary/aromatic N) is 5. The lowest BCUT2D eigenvalue weighted by molar-refractivity contribution is 0.384. The van der Waals surface area contributed by atoms with Gasteiger partial charge in [0.15, 0.2) is 5.82 Å². The van der Waals surface area contributed by atoms with Crippen molar-refractivity contribution in [2.45, 2.75) is 11.8 Å². The Labute approximate surface area is 187 Å². The molecule has 0 radical (unpaired) electrons. The zero-order chi connectivity index (χ0) is 22.1. The predicted molar refractivity (Wildman–Crippen MR) is 125 cm³/mol. The molecule has 1 fully saturated rings. The molecule has 7 nitrogen and oxygen atoms in total. The van der Waals surface area contributed by atoms with Crippen LogP contribution in [-0.2, 0) is 10.0 Å². The van der Waals surface area contributed by atoms with Crippen LogP contribution in [0.25, 0.3) is 22.2 Å². The maximum absolute atomic E-state index is 13.3. The molecular weight excluding hydrogens is 422 g/mol. The van der Waals surface area contributed by atoms with Crippen molar-refractivity contribution in [3.8, 4) is 11.3 Å². The normalized spacial score (nSPS) is 15.2. The second-order valence-corrected chi connectivity index (χ2v) is 9.72. The Morgan fingerprint density at radius 3 is 2.34 bits per heavy atom. The van der Waals surface area contributed by atoms with Crippen LogP contribution in [0.1, 0.15) is 5.56 Å². The van der Waals surface area contributed by atoms with Crippen molar-refractivity contribution in [3.63, 3.8) is 0 Å². The van der Waals surface area contributed by atoms with Crippen LogP contribution >= 0.6 is 0 Å². The molecule has 0 saturated carbocycles. The number of hydrogen-bond acceptors (Lipinski definition) is 6. The second kappa shape index (κ2) is 8.29. The van der Waals surface area contributed by atoms with E-state index in [1.54, 1.807) is 18.3 Å².